The molecule has 548 valence electrons. The Hall–Kier alpha value is -14.8. The summed E-state index contributed by atoms with van der Waals surface area (Å²) in [5.74, 6) is 0. The van der Waals surface area contributed by atoms with E-state index in [0.29, 0.717) is 0 Å². The molecule has 2 aliphatic heterocycles. The van der Waals surface area contributed by atoms with Gasteiger partial charge in [0.05, 0.1) is 50.3 Å². The maximum absolute atomic E-state index is 2.53. The first-order valence-electron chi connectivity index (χ1n) is 40.9. The summed E-state index contributed by atoms with van der Waals surface area (Å²) in [6, 6.07) is 160. The van der Waals surface area contributed by atoms with Crippen molar-refractivity contribution >= 4 is 73.0 Å². The lowest BCUT2D eigenvalue weighted by Crippen LogP contribution is -2.36. The lowest BCUT2D eigenvalue weighted by Gasteiger charge is -2.45. The average molecular weight is 1490 g/mol. The van der Waals surface area contributed by atoms with Gasteiger partial charge in [-0.1, -0.05) is 335 Å². The van der Waals surface area contributed by atoms with Gasteiger partial charge >= 0.3 is 0 Å². The molecular formula is C113H76N4. The van der Waals surface area contributed by atoms with Crippen LogP contribution in [0.3, 0.4) is 0 Å². The number of nitrogens with zero attached hydrogens (tertiary/aromatic N) is 4. The van der Waals surface area contributed by atoms with Crippen LogP contribution < -0.4 is 14.7 Å². The number of para-hydroxylation sites is 6. The number of fused-ring (bicyclic) bond motifs is 24. The predicted molar refractivity (Wildman–Crippen MR) is 486 cm³/mol. The van der Waals surface area contributed by atoms with Gasteiger partial charge in [0.1, 0.15) is 0 Å². The van der Waals surface area contributed by atoms with E-state index in [1.807, 2.05) is 0 Å². The molecule has 0 saturated heterocycles. The topological polar surface area (TPSA) is 14.7 Å². The van der Waals surface area contributed by atoms with Gasteiger partial charge in [-0.15, -0.1) is 0 Å². The van der Waals surface area contributed by atoms with Gasteiger partial charge in [0.25, 0.3) is 0 Å². The average Bonchev–Trinajstić information content (AvgIpc) is 1.53. The molecule has 1 aromatic heterocycles. The van der Waals surface area contributed by atoms with Crippen LogP contribution in [0.1, 0.15) is 69.5 Å². The maximum Gasteiger partial charge on any atom is 0.0755 e. The molecule has 117 heavy (non-hydrogen) atoms. The van der Waals surface area contributed by atoms with Crippen LogP contribution >= 0.6 is 0 Å². The molecule has 4 nitrogen and oxygen atoms in total. The Morgan fingerprint density at radius 1 is 0.222 bits per heavy atom. The number of hydrogen-bond acceptors (Lipinski definition) is 3. The summed E-state index contributed by atoms with van der Waals surface area (Å²) in [5.41, 5.74) is 42.2. The monoisotopic (exact) mass is 1490 g/mol. The fourth-order valence-corrected chi connectivity index (χ4v) is 21.4. The van der Waals surface area contributed by atoms with Gasteiger partial charge in [-0.25, -0.2) is 0 Å². The zero-order valence-corrected chi connectivity index (χ0v) is 64.7. The fourth-order valence-electron chi connectivity index (χ4n) is 21.4. The van der Waals surface area contributed by atoms with E-state index in [1.54, 1.807) is 0 Å². The first-order valence-corrected chi connectivity index (χ1v) is 40.9. The second kappa shape index (κ2) is 25.6. The fraction of sp³-hybridized carbons (Fsp3) is 0.0442. The highest BCUT2D eigenvalue weighted by Crippen LogP contribution is 2.67. The lowest BCUT2D eigenvalue weighted by molar-refractivity contribution is 0.660. The van der Waals surface area contributed by atoms with Crippen molar-refractivity contribution in [1.29, 1.82) is 0 Å². The molecule has 2 spiro atoms. The third-order valence-electron chi connectivity index (χ3n) is 26.4. The SMILES string of the molecule is CC1(C)c2ccccc2-c2ccc(N(c3ccc(-c4ccccc4)cc3)c3cccc4c3-c3ccccc3C43c4ccccc4N(c4ccc(-c5cccc(-c6ccc(N(c7ccc8c(c7)-c7ccccc7C87c8ccccc8-n8c9ccccc9c9cccc7c98)c7ccccc7-c7ccccc7)cc6)c5)cc4)c4ccccc43)cc21. The summed E-state index contributed by atoms with van der Waals surface area (Å²) in [5, 5.41) is 2.55. The minimum Gasteiger partial charge on any atom is -0.310 e. The second-order valence-electron chi connectivity index (χ2n) is 32.5. The van der Waals surface area contributed by atoms with E-state index >= 15 is 0 Å². The molecule has 0 radical (unpaired) electrons. The van der Waals surface area contributed by atoms with Crippen molar-refractivity contribution in [3.63, 3.8) is 0 Å². The highest BCUT2D eigenvalue weighted by Gasteiger charge is 2.54. The van der Waals surface area contributed by atoms with Crippen LogP contribution in [-0.4, -0.2) is 4.57 Å². The van der Waals surface area contributed by atoms with Gasteiger partial charge < -0.3 is 19.3 Å². The Kier molecular flexibility index (Phi) is 14.6. The highest BCUT2D eigenvalue weighted by molar-refractivity contribution is 6.13. The number of anilines is 9. The normalized spacial score (nSPS) is 14.7. The molecule has 4 heteroatoms. The van der Waals surface area contributed by atoms with Gasteiger partial charge in [0, 0.05) is 55.8 Å². The molecule has 19 aromatic rings. The molecule has 0 fully saturated rings. The Bertz CT molecular complexity index is 7240. The Labute approximate surface area is 681 Å². The van der Waals surface area contributed by atoms with Gasteiger partial charge in [-0.05, 0) is 226 Å². The van der Waals surface area contributed by atoms with Crippen molar-refractivity contribution in [2.45, 2.75) is 30.1 Å². The first kappa shape index (κ1) is 66.7. The van der Waals surface area contributed by atoms with Crippen LogP contribution in [0.25, 0.3) is 105 Å². The van der Waals surface area contributed by atoms with E-state index < -0.39 is 10.8 Å². The van der Waals surface area contributed by atoms with Crippen LogP contribution in [0.5, 0.6) is 0 Å². The molecular weight excluding hydrogens is 1410 g/mol. The molecule has 3 heterocycles. The molecule has 0 bridgehead atoms. The minimum absolute atomic E-state index is 0.189. The van der Waals surface area contributed by atoms with E-state index in [1.165, 1.54) is 128 Å². The smallest absolute Gasteiger partial charge is 0.0755 e. The zero-order valence-electron chi connectivity index (χ0n) is 64.7. The third kappa shape index (κ3) is 9.52. The zero-order chi connectivity index (χ0) is 77.2. The van der Waals surface area contributed by atoms with Crippen LogP contribution in [-0.2, 0) is 16.2 Å². The van der Waals surface area contributed by atoms with Crippen molar-refractivity contribution in [2.24, 2.45) is 0 Å². The van der Waals surface area contributed by atoms with Crippen molar-refractivity contribution in [2.75, 3.05) is 14.7 Å². The highest BCUT2D eigenvalue weighted by atomic mass is 15.2. The van der Waals surface area contributed by atoms with Gasteiger partial charge in [0.2, 0.25) is 0 Å². The molecule has 0 saturated carbocycles. The lowest BCUT2D eigenvalue weighted by atomic mass is 9.64. The number of benzene rings is 18. The van der Waals surface area contributed by atoms with E-state index in [-0.39, 0.29) is 5.41 Å². The molecule has 1 unspecified atom stereocenters. The Balaban J connectivity index is 0.587. The van der Waals surface area contributed by atoms with Gasteiger partial charge in [-0.3, -0.25) is 0 Å². The van der Waals surface area contributed by atoms with Crippen LogP contribution in [0.15, 0.2) is 425 Å². The molecule has 0 amide bonds. The molecule has 3 aliphatic carbocycles. The molecule has 1 atom stereocenters. The van der Waals surface area contributed by atoms with E-state index in [2.05, 4.69) is 458 Å². The van der Waals surface area contributed by atoms with E-state index in [0.717, 1.165) is 84.6 Å². The number of rotatable bonds is 11. The summed E-state index contributed by atoms with van der Waals surface area (Å²) in [7, 11) is 0. The maximum atomic E-state index is 2.53. The molecule has 0 N–H and O–H groups in total. The largest absolute Gasteiger partial charge is 0.310 e. The van der Waals surface area contributed by atoms with Crippen LogP contribution in [0, 0.1) is 0 Å². The summed E-state index contributed by atoms with van der Waals surface area (Å²) in [6.07, 6.45) is 0. The summed E-state index contributed by atoms with van der Waals surface area (Å²) in [6.45, 7) is 4.77. The Morgan fingerprint density at radius 2 is 0.632 bits per heavy atom. The van der Waals surface area contributed by atoms with Crippen molar-refractivity contribution in [3.05, 3.63) is 480 Å². The van der Waals surface area contributed by atoms with E-state index in [4.69, 9.17) is 0 Å². The molecule has 18 aromatic carbocycles. The van der Waals surface area contributed by atoms with Crippen molar-refractivity contribution < 1.29 is 0 Å². The predicted octanol–water partition coefficient (Wildman–Crippen LogP) is 29.5. The van der Waals surface area contributed by atoms with Gasteiger partial charge in [-0.2, -0.15) is 0 Å². The minimum atomic E-state index is -0.664. The number of hydrogen-bond donors (Lipinski definition) is 0. The van der Waals surface area contributed by atoms with Crippen molar-refractivity contribution in [3.8, 4) is 83.6 Å². The second-order valence-corrected chi connectivity index (χ2v) is 32.5. The quantitative estimate of drug-likeness (QED) is 0.128. The van der Waals surface area contributed by atoms with E-state index in [9.17, 15) is 0 Å². The summed E-state index contributed by atoms with van der Waals surface area (Å²) in [4.78, 5) is 7.51. The third-order valence-corrected chi connectivity index (χ3v) is 26.4. The summed E-state index contributed by atoms with van der Waals surface area (Å²) >= 11 is 0. The molecule has 24 rings (SSSR count). The van der Waals surface area contributed by atoms with Crippen LogP contribution in [0.4, 0.5) is 51.2 Å². The van der Waals surface area contributed by atoms with Crippen molar-refractivity contribution in [1.82, 2.24) is 4.57 Å². The molecule has 5 aliphatic rings. The number of aromatic nitrogens is 1. The van der Waals surface area contributed by atoms with Gasteiger partial charge in [0.15, 0.2) is 0 Å². The van der Waals surface area contributed by atoms with Crippen LogP contribution in [0.2, 0.25) is 0 Å². The first-order chi connectivity index (χ1) is 57.8. The standard InChI is InChI=1S/C113H76N4/c1-111(2)93-40-14-9-35-86(93)88-68-66-84(72-102(88)111)115(81-60-54-74(55-61-81)73-28-5-3-6-29-73)108-53-27-46-100-109(108)91-38-11-16-42-95(91)113(100)97-43-17-22-50-105(97)116(106-51-23-18-44-98(106)113)82-64-58-76(59-65-82)79-33-25-32-78(70-79)75-56-62-80(63-57-75)114(103-48-20-12-34-85(103)77-30-7-4-8-31-77)83-67-69-96-92(71-83)87-36-10-15-41-94(87)112(96)99-45-19-24-52-107(99)117-104-49-21-13-37-89(104)90-39-26-47-101(112)110(90)117/h3-72H,1-2H3. The summed E-state index contributed by atoms with van der Waals surface area (Å²) < 4.78 is 2.52. The Morgan fingerprint density at radius 3 is 1.32 bits per heavy atom.